The van der Waals surface area contributed by atoms with Gasteiger partial charge in [0.15, 0.2) is 5.60 Å². The molecule has 1 atom stereocenters. The molecule has 0 bridgehead atoms. The molecule has 1 saturated carbocycles. The van der Waals surface area contributed by atoms with Crippen molar-refractivity contribution in [2.24, 2.45) is 5.92 Å². The van der Waals surface area contributed by atoms with Gasteiger partial charge in [0.25, 0.3) is 0 Å². The lowest BCUT2D eigenvalue weighted by Crippen LogP contribution is -2.40. The molecule has 0 radical (unpaired) electrons. The molecule has 1 spiro atoms. The summed E-state index contributed by atoms with van der Waals surface area (Å²) >= 11 is 0. The van der Waals surface area contributed by atoms with Crippen molar-refractivity contribution in [1.82, 2.24) is 0 Å². The van der Waals surface area contributed by atoms with Gasteiger partial charge in [0.1, 0.15) is 5.60 Å². The van der Waals surface area contributed by atoms with Gasteiger partial charge < -0.3 is 9.47 Å². The maximum absolute atomic E-state index is 12.6. The van der Waals surface area contributed by atoms with Crippen LogP contribution < -0.4 is 0 Å². The zero-order chi connectivity index (χ0) is 14.3. The van der Waals surface area contributed by atoms with Gasteiger partial charge in [-0.05, 0) is 39.0 Å². The predicted octanol–water partition coefficient (Wildman–Crippen LogP) is 3.22. The van der Waals surface area contributed by atoms with Crippen LogP contribution in [0.4, 0.5) is 13.2 Å². The number of esters is 1. The minimum absolute atomic E-state index is 0.0324. The summed E-state index contributed by atoms with van der Waals surface area (Å²) in [5, 5.41) is 0. The Morgan fingerprint density at radius 3 is 2.32 bits per heavy atom. The van der Waals surface area contributed by atoms with E-state index < -0.39 is 29.3 Å². The standard InChI is InChI=1S/C13H19F3O3/c1-3-12(10(17)18-4-2)11(19-12)7-5-9(6-8-11)13(14,15)16/h9H,3-8H2,1-2H3. The summed E-state index contributed by atoms with van der Waals surface area (Å²) in [4.78, 5) is 11.9. The van der Waals surface area contributed by atoms with E-state index in [4.69, 9.17) is 9.47 Å². The monoisotopic (exact) mass is 280 g/mol. The molecule has 6 heteroatoms. The van der Waals surface area contributed by atoms with Crippen molar-refractivity contribution in [2.45, 2.75) is 63.3 Å². The van der Waals surface area contributed by atoms with E-state index in [1.54, 1.807) is 6.92 Å². The Labute approximate surface area is 110 Å². The molecule has 0 N–H and O–H groups in total. The molecule has 19 heavy (non-hydrogen) atoms. The first-order valence-corrected chi connectivity index (χ1v) is 6.75. The fourth-order valence-corrected chi connectivity index (χ4v) is 3.24. The number of alkyl halides is 3. The Bertz CT molecular complexity index is 359. The van der Waals surface area contributed by atoms with Gasteiger partial charge in [-0.1, -0.05) is 6.92 Å². The van der Waals surface area contributed by atoms with Gasteiger partial charge in [-0.2, -0.15) is 13.2 Å². The molecule has 1 unspecified atom stereocenters. The van der Waals surface area contributed by atoms with Crippen molar-refractivity contribution in [3.05, 3.63) is 0 Å². The largest absolute Gasteiger partial charge is 0.464 e. The molecule has 2 fully saturated rings. The highest BCUT2D eigenvalue weighted by molar-refractivity contribution is 5.85. The third kappa shape index (κ3) is 2.24. The number of halogens is 3. The molecule has 1 heterocycles. The van der Waals surface area contributed by atoms with Gasteiger partial charge in [0, 0.05) is 0 Å². The number of hydrogen-bond acceptors (Lipinski definition) is 3. The molecule has 3 nitrogen and oxygen atoms in total. The lowest BCUT2D eigenvalue weighted by Gasteiger charge is -2.29. The van der Waals surface area contributed by atoms with Gasteiger partial charge in [-0.15, -0.1) is 0 Å². The number of carbonyl (C=O) groups is 1. The maximum Gasteiger partial charge on any atom is 0.391 e. The van der Waals surface area contributed by atoms with E-state index in [1.807, 2.05) is 6.92 Å². The summed E-state index contributed by atoms with van der Waals surface area (Å²) in [5.41, 5.74) is -1.71. The average molecular weight is 280 g/mol. The summed E-state index contributed by atoms with van der Waals surface area (Å²) < 4.78 is 48.5. The third-order valence-electron chi connectivity index (χ3n) is 4.42. The van der Waals surface area contributed by atoms with E-state index in [-0.39, 0.29) is 32.3 Å². The van der Waals surface area contributed by atoms with Crippen LogP contribution in [0.3, 0.4) is 0 Å². The molecule has 2 aliphatic rings. The number of epoxide rings is 1. The lowest BCUT2D eigenvalue weighted by molar-refractivity contribution is -0.184. The van der Waals surface area contributed by atoms with E-state index >= 15 is 0 Å². The molecule has 0 aromatic carbocycles. The molecule has 1 aliphatic heterocycles. The molecule has 0 aromatic rings. The Morgan fingerprint density at radius 2 is 1.89 bits per heavy atom. The number of carbonyl (C=O) groups excluding carboxylic acids is 1. The zero-order valence-corrected chi connectivity index (χ0v) is 11.2. The summed E-state index contributed by atoms with van der Waals surface area (Å²) in [5.74, 6) is -1.69. The summed E-state index contributed by atoms with van der Waals surface area (Å²) in [6.07, 6.45) is -3.07. The highest BCUT2D eigenvalue weighted by Gasteiger charge is 2.74. The summed E-state index contributed by atoms with van der Waals surface area (Å²) in [7, 11) is 0. The molecule has 0 aromatic heterocycles. The van der Waals surface area contributed by atoms with Crippen molar-refractivity contribution in [1.29, 1.82) is 0 Å². The van der Waals surface area contributed by atoms with Crippen LogP contribution in [-0.4, -0.2) is 30.0 Å². The SMILES string of the molecule is CCOC(=O)C1(CC)OC12CCC(C(F)(F)F)CC2. The van der Waals surface area contributed by atoms with E-state index in [2.05, 4.69) is 0 Å². The van der Waals surface area contributed by atoms with Crippen LogP contribution in [0.25, 0.3) is 0 Å². The van der Waals surface area contributed by atoms with Gasteiger partial charge in [-0.3, -0.25) is 0 Å². The number of hydrogen-bond donors (Lipinski definition) is 0. The predicted molar refractivity (Wildman–Crippen MR) is 61.5 cm³/mol. The van der Waals surface area contributed by atoms with Crippen LogP contribution in [0.1, 0.15) is 46.0 Å². The highest BCUT2D eigenvalue weighted by atomic mass is 19.4. The fourth-order valence-electron chi connectivity index (χ4n) is 3.24. The Balaban J connectivity index is 2.03. The lowest BCUT2D eigenvalue weighted by atomic mass is 9.74. The van der Waals surface area contributed by atoms with Gasteiger partial charge in [0.2, 0.25) is 0 Å². The van der Waals surface area contributed by atoms with Gasteiger partial charge in [-0.25, -0.2) is 4.79 Å². The van der Waals surface area contributed by atoms with Crippen molar-refractivity contribution in [3.8, 4) is 0 Å². The Morgan fingerprint density at radius 1 is 1.32 bits per heavy atom. The molecular formula is C13H19F3O3. The second-order valence-electron chi connectivity index (χ2n) is 5.31. The van der Waals surface area contributed by atoms with Crippen LogP contribution >= 0.6 is 0 Å². The maximum atomic E-state index is 12.6. The van der Waals surface area contributed by atoms with Crippen molar-refractivity contribution >= 4 is 5.97 Å². The average Bonchev–Trinajstić information content (AvgIpc) is 2.98. The first-order valence-electron chi connectivity index (χ1n) is 6.75. The van der Waals surface area contributed by atoms with E-state index in [9.17, 15) is 18.0 Å². The molecule has 1 saturated heterocycles. The zero-order valence-electron chi connectivity index (χ0n) is 11.2. The van der Waals surface area contributed by atoms with Crippen molar-refractivity contribution < 1.29 is 27.4 Å². The molecule has 0 amide bonds. The number of ether oxygens (including phenoxy) is 2. The molecule has 110 valence electrons. The van der Waals surface area contributed by atoms with Crippen LogP contribution in [0.5, 0.6) is 0 Å². The second kappa shape index (κ2) is 4.65. The van der Waals surface area contributed by atoms with E-state index in [0.717, 1.165) is 0 Å². The van der Waals surface area contributed by atoms with Crippen LogP contribution in [-0.2, 0) is 14.3 Å². The first-order chi connectivity index (χ1) is 8.81. The van der Waals surface area contributed by atoms with Crippen LogP contribution in [0, 0.1) is 5.92 Å². The molecule has 2 rings (SSSR count). The van der Waals surface area contributed by atoms with Gasteiger partial charge in [0.05, 0.1) is 12.5 Å². The van der Waals surface area contributed by atoms with E-state index in [0.29, 0.717) is 6.42 Å². The van der Waals surface area contributed by atoms with E-state index in [1.165, 1.54) is 0 Å². The highest BCUT2D eigenvalue weighted by Crippen LogP contribution is 2.60. The quantitative estimate of drug-likeness (QED) is 0.588. The molecular weight excluding hydrogens is 261 g/mol. The first kappa shape index (κ1) is 14.6. The number of rotatable bonds is 3. The van der Waals surface area contributed by atoms with Crippen molar-refractivity contribution in [3.63, 3.8) is 0 Å². The molecule has 1 aliphatic carbocycles. The van der Waals surface area contributed by atoms with Crippen molar-refractivity contribution in [2.75, 3.05) is 6.61 Å². The normalized spacial score (nSPS) is 38.3. The van der Waals surface area contributed by atoms with Crippen LogP contribution in [0.15, 0.2) is 0 Å². The minimum atomic E-state index is -4.14. The Hall–Kier alpha value is -0.780. The fraction of sp³-hybridized carbons (Fsp3) is 0.923. The Kier molecular flexibility index (Phi) is 3.58. The summed E-state index contributed by atoms with van der Waals surface area (Å²) in [6.45, 7) is 3.77. The topological polar surface area (TPSA) is 38.8 Å². The smallest absolute Gasteiger partial charge is 0.391 e. The summed E-state index contributed by atoms with van der Waals surface area (Å²) in [6, 6.07) is 0. The third-order valence-corrected chi connectivity index (χ3v) is 4.42. The van der Waals surface area contributed by atoms with Gasteiger partial charge >= 0.3 is 12.1 Å². The second-order valence-corrected chi connectivity index (χ2v) is 5.31. The minimum Gasteiger partial charge on any atom is -0.464 e. The van der Waals surface area contributed by atoms with Crippen LogP contribution in [0.2, 0.25) is 0 Å².